The van der Waals surface area contributed by atoms with Crippen LogP contribution in [0, 0.1) is 0 Å². The Bertz CT molecular complexity index is 767. The predicted molar refractivity (Wildman–Crippen MR) is 84.8 cm³/mol. The van der Waals surface area contributed by atoms with Gasteiger partial charge in [-0.3, -0.25) is 4.79 Å². The Kier molecular flexibility index (Phi) is 4.55. The number of carboxylic acids is 1. The maximum Gasteiger partial charge on any atom is 0.329 e. The van der Waals surface area contributed by atoms with Gasteiger partial charge in [0, 0.05) is 42.7 Å². The number of aliphatic carboxylic acids is 1. The van der Waals surface area contributed by atoms with Crippen LogP contribution < -0.4 is 5.32 Å². The van der Waals surface area contributed by atoms with Crippen LogP contribution in [0.1, 0.15) is 23.3 Å². The van der Waals surface area contributed by atoms with Gasteiger partial charge in [-0.15, -0.1) is 0 Å². The Labute approximate surface area is 142 Å². The van der Waals surface area contributed by atoms with Crippen LogP contribution in [0.4, 0.5) is 0 Å². The molecule has 126 valence electrons. The van der Waals surface area contributed by atoms with Gasteiger partial charge in [-0.1, -0.05) is 28.9 Å². The zero-order valence-electron chi connectivity index (χ0n) is 12.6. The van der Waals surface area contributed by atoms with E-state index in [1.54, 1.807) is 24.3 Å². The van der Waals surface area contributed by atoms with Gasteiger partial charge in [-0.25, -0.2) is 4.79 Å². The minimum atomic E-state index is -1.34. The van der Waals surface area contributed by atoms with E-state index in [0.29, 0.717) is 16.3 Å². The van der Waals surface area contributed by atoms with Crippen molar-refractivity contribution in [3.63, 3.8) is 0 Å². The van der Waals surface area contributed by atoms with Gasteiger partial charge in [0.05, 0.1) is 0 Å². The SMILES string of the molecule is O=C(NC1(C(=O)O)CCOCC1)c1cc(-c2cccc(Cl)c2)on1. The highest BCUT2D eigenvalue weighted by atomic mass is 35.5. The van der Waals surface area contributed by atoms with Crippen LogP contribution in [0.5, 0.6) is 0 Å². The van der Waals surface area contributed by atoms with Crippen LogP contribution in [-0.4, -0.2) is 40.9 Å². The summed E-state index contributed by atoms with van der Waals surface area (Å²) in [6.45, 7) is 0.554. The molecule has 0 saturated carbocycles. The molecule has 24 heavy (non-hydrogen) atoms. The van der Waals surface area contributed by atoms with Gasteiger partial charge in [0.25, 0.3) is 5.91 Å². The Morgan fingerprint density at radius 2 is 2.00 bits per heavy atom. The highest BCUT2D eigenvalue weighted by molar-refractivity contribution is 6.30. The van der Waals surface area contributed by atoms with Gasteiger partial charge in [0.1, 0.15) is 5.54 Å². The van der Waals surface area contributed by atoms with Crippen LogP contribution >= 0.6 is 11.6 Å². The summed E-state index contributed by atoms with van der Waals surface area (Å²) in [6, 6.07) is 8.38. The molecule has 1 saturated heterocycles. The highest BCUT2D eigenvalue weighted by Crippen LogP contribution is 2.25. The third kappa shape index (κ3) is 3.27. The van der Waals surface area contributed by atoms with Crippen LogP contribution in [0.25, 0.3) is 11.3 Å². The molecule has 1 aliphatic heterocycles. The predicted octanol–water partition coefficient (Wildman–Crippen LogP) is 2.36. The number of aromatic nitrogens is 1. The summed E-state index contributed by atoms with van der Waals surface area (Å²) in [4.78, 5) is 23.9. The molecule has 0 bridgehead atoms. The number of benzene rings is 1. The molecule has 2 heterocycles. The number of nitrogens with one attached hydrogen (secondary N) is 1. The first-order valence-electron chi connectivity index (χ1n) is 7.36. The van der Waals surface area contributed by atoms with E-state index >= 15 is 0 Å². The van der Waals surface area contributed by atoms with E-state index in [9.17, 15) is 14.7 Å². The Morgan fingerprint density at radius 3 is 2.67 bits per heavy atom. The lowest BCUT2D eigenvalue weighted by Crippen LogP contribution is -2.57. The lowest BCUT2D eigenvalue weighted by molar-refractivity contribution is -0.148. The number of hydrogen-bond acceptors (Lipinski definition) is 5. The highest BCUT2D eigenvalue weighted by Gasteiger charge is 2.42. The summed E-state index contributed by atoms with van der Waals surface area (Å²) >= 11 is 5.93. The van der Waals surface area contributed by atoms with E-state index in [4.69, 9.17) is 20.9 Å². The summed E-state index contributed by atoms with van der Waals surface area (Å²) in [5, 5.41) is 16.3. The first kappa shape index (κ1) is 16.5. The second kappa shape index (κ2) is 6.62. The van der Waals surface area contributed by atoms with E-state index in [0.717, 1.165) is 0 Å². The molecule has 8 heteroatoms. The van der Waals surface area contributed by atoms with Crippen LogP contribution in [0.15, 0.2) is 34.9 Å². The fraction of sp³-hybridized carbons (Fsp3) is 0.312. The largest absolute Gasteiger partial charge is 0.480 e. The quantitative estimate of drug-likeness (QED) is 0.877. The smallest absolute Gasteiger partial charge is 0.329 e. The van der Waals surface area contributed by atoms with Crippen molar-refractivity contribution in [2.45, 2.75) is 18.4 Å². The normalized spacial score (nSPS) is 16.5. The van der Waals surface area contributed by atoms with E-state index in [1.165, 1.54) is 6.07 Å². The maximum atomic E-state index is 12.4. The molecule has 3 rings (SSSR count). The van der Waals surface area contributed by atoms with Crippen LogP contribution in [0.3, 0.4) is 0 Å². The minimum absolute atomic E-state index is 0.0112. The van der Waals surface area contributed by atoms with Gasteiger partial charge < -0.3 is 19.7 Å². The molecule has 0 unspecified atom stereocenters. The standard InChI is InChI=1S/C16H15ClN2O5/c17-11-3-1-2-10(8-11)13-9-12(19-24-13)14(20)18-16(15(21)22)4-6-23-7-5-16/h1-3,8-9H,4-7H2,(H,18,20)(H,21,22). The molecule has 0 atom stereocenters. The number of carbonyl (C=O) groups is 2. The molecule has 1 aromatic carbocycles. The fourth-order valence-electron chi connectivity index (χ4n) is 2.55. The van der Waals surface area contributed by atoms with Crippen molar-refractivity contribution < 1.29 is 24.0 Å². The van der Waals surface area contributed by atoms with E-state index in [-0.39, 0.29) is 31.7 Å². The summed E-state index contributed by atoms with van der Waals surface area (Å²) < 4.78 is 10.3. The van der Waals surface area contributed by atoms with E-state index < -0.39 is 17.4 Å². The first-order chi connectivity index (χ1) is 11.5. The molecule has 1 aromatic heterocycles. The van der Waals surface area contributed by atoms with E-state index in [2.05, 4.69) is 10.5 Å². The monoisotopic (exact) mass is 350 g/mol. The third-order valence-corrected chi connectivity index (χ3v) is 4.20. The summed E-state index contributed by atoms with van der Waals surface area (Å²) in [5.41, 5.74) is -0.657. The van der Waals surface area contributed by atoms with Gasteiger partial charge in [-0.2, -0.15) is 0 Å². The number of carboxylic acid groups (broad SMARTS) is 1. The molecule has 0 aliphatic carbocycles. The molecular weight excluding hydrogens is 336 g/mol. The van der Waals surface area contributed by atoms with Crippen molar-refractivity contribution in [3.8, 4) is 11.3 Å². The van der Waals surface area contributed by atoms with Crippen molar-refractivity contribution in [2.24, 2.45) is 0 Å². The molecule has 1 fully saturated rings. The van der Waals surface area contributed by atoms with Gasteiger partial charge >= 0.3 is 5.97 Å². The molecule has 2 aromatic rings. The number of nitrogens with zero attached hydrogens (tertiary/aromatic N) is 1. The topological polar surface area (TPSA) is 102 Å². The Hall–Kier alpha value is -2.38. The minimum Gasteiger partial charge on any atom is -0.480 e. The molecular formula is C16H15ClN2O5. The number of amides is 1. The third-order valence-electron chi connectivity index (χ3n) is 3.96. The zero-order chi connectivity index (χ0) is 17.2. The number of carbonyl (C=O) groups excluding carboxylic acids is 1. The zero-order valence-corrected chi connectivity index (χ0v) is 13.4. The fourth-order valence-corrected chi connectivity index (χ4v) is 2.74. The lowest BCUT2D eigenvalue weighted by Gasteiger charge is -2.33. The molecule has 0 spiro atoms. The van der Waals surface area contributed by atoms with Crippen molar-refractivity contribution >= 4 is 23.5 Å². The second-order valence-electron chi connectivity index (χ2n) is 5.54. The second-order valence-corrected chi connectivity index (χ2v) is 5.98. The average Bonchev–Trinajstić information content (AvgIpc) is 3.06. The lowest BCUT2D eigenvalue weighted by atomic mass is 9.90. The van der Waals surface area contributed by atoms with Crippen LogP contribution in [-0.2, 0) is 9.53 Å². The Balaban J connectivity index is 1.79. The van der Waals surface area contributed by atoms with E-state index in [1.807, 2.05) is 0 Å². The number of hydrogen-bond donors (Lipinski definition) is 2. The molecule has 7 nitrogen and oxygen atoms in total. The molecule has 1 amide bonds. The summed E-state index contributed by atoms with van der Waals surface area (Å²) in [6.07, 6.45) is 0.403. The summed E-state index contributed by atoms with van der Waals surface area (Å²) in [7, 11) is 0. The maximum absolute atomic E-state index is 12.4. The first-order valence-corrected chi connectivity index (χ1v) is 7.74. The van der Waals surface area contributed by atoms with Gasteiger partial charge in [0.2, 0.25) is 0 Å². The van der Waals surface area contributed by atoms with Crippen LogP contribution in [0.2, 0.25) is 5.02 Å². The van der Waals surface area contributed by atoms with Crippen molar-refractivity contribution in [3.05, 3.63) is 41.0 Å². The number of rotatable bonds is 4. The summed E-state index contributed by atoms with van der Waals surface area (Å²) in [5.74, 6) is -1.31. The van der Waals surface area contributed by atoms with Gasteiger partial charge in [0.15, 0.2) is 11.5 Å². The van der Waals surface area contributed by atoms with Crippen molar-refractivity contribution in [1.82, 2.24) is 10.5 Å². The molecule has 2 N–H and O–H groups in total. The Morgan fingerprint density at radius 1 is 1.25 bits per heavy atom. The van der Waals surface area contributed by atoms with Crippen molar-refractivity contribution in [2.75, 3.05) is 13.2 Å². The number of ether oxygens (including phenoxy) is 1. The number of halogens is 1. The molecule has 0 radical (unpaired) electrons. The average molecular weight is 351 g/mol. The van der Waals surface area contributed by atoms with Gasteiger partial charge in [-0.05, 0) is 12.1 Å². The molecule has 1 aliphatic rings. The van der Waals surface area contributed by atoms with Crippen molar-refractivity contribution in [1.29, 1.82) is 0 Å².